The van der Waals surface area contributed by atoms with Gasteiger partial charge in [0, 0.05) is 0 Å². The van der Waals surface area contributed by atoms with Gasteiger partial charge in [-0.3, -0.25) is 9.69 Å². The van der Waals surface area contributed by atoms with Crippen LogP contribution in [0.4, 0.5) is 0 Å². The summed E-state index contributed by atoms with van der Waals surface area (Å²) in [5, 5.41) is 18.7. The number of β-lactam (4-membered cyclic amide) rings is 1. The van der Waals surface area contributed by atoms with Crippen LogP contribution in [0.25, 0.3) is 0 Å². The number of nitrogens with zero attached hydrogens (tertiary/aromatic N) is 1. The van der Waals surface area contributed by atoms with E-state index in [4.69, 9.17) is 4.74 Å². The number of aliphatic hydroxyl groups excluding tert-OH is 1. The van der Waals surface area contributed by atoms with Crippen LogP contribution < -0.4 is 4.74 Å². The second-order valence-corrected chi connectivity index (χ2v) is 6.37. The minimum atomic E-state index is -1.15. The van der Waals surface area contributed by atoms with E-state index < -0.39 is 18.0 Å². The molecule has 3 atom stereocenters. The molecule has 0 aromatic heterocycles. The predicted molar refractivity (Wildman–Crippen MR) is 80.0 cm³/mol. The monoisotopic (exact) mass is 321 g/mol. The smallest absolute Gasteiger partial charge is 0.353 e. The lowest BCUT2D eigenvalue weighted by atomic mass is 9.92. The van der Waals surface area contributed by atoms with Gasteiger partial charge in [0.2, 0.25) is 5.91 Å². The zero-order valence-electron chi connectivity index (χ0n) is 11.8. The second-order valence-electron chi connectivity index (χ2n) is 5.16. The van der Waals surface area contributed by atoms with E-state index in [0.29, 0.717) is 10.7 Å². The summed E-state index contributed by atoms with van der Waals surface area (Å²) in [7, 11) is 0. The predicted octanol–water partition coefficient (Wildman–Crippen LogP) is 1.27. The van der Waals surface area contributed by atoms with Crippen molar-refractivity contribution in [3.63, 3.8) is 0 Å². The molecule has 0 unspecified atom stereocenters. The second kappa shape index (κ2) is 5.66. The topological polar surface area (TPSA) is 87.1 Å². The number of aliphatic carboxylic acids is 1. The first-order valence-corrected chi connectivity index (χ1v) is 7.70. The summed E-state index contributed by atoms with van der Waals surface area (Å²) in [4.78, 5) is 25.2. The molecular formula is C15H15NO5S. The van der Waals surface area contributed by atoms with Gasteiger partial charge in [0.25, 0.3) is 0 Å². The van der Waals surface area contributed by atoms with E-state index in [9.17, 15) is 19.8 Å². The number of carboxylic acid groups (broad SMARTS) is 1. The molecule has 1 amide bonds. The Bertz CT molecular complexity index is 643. The van der Waals surface area contributed by atoms with Gasteiger partial charge in [-0.1, -0.05) is 30.0 Å². The Hall–Kier alpha value is -1.99. The summed E-state index contributed by atoms with van der Waals surface area (Å²) in [6.07, 6.45) is -0.800. The van der Waals surface area contributed by atoms with Gasteiger partial charge in [-0.15, -0.1) is 0 Å². The van der Waals surface area contributed by atoms with Crippen LogP contribution in [-0.4, -0.2) is 45.1 Å². The van der Waals surface area contributed by atoms with Crippen LogP contribution >= 0.6 is 11.8 Å². The molecule has 1 fully saturated rings. The van der Waals surface area contributed by atoms with E-state index in [1.54, 1.807) is 19.1 Å². The molecule has 0 bridgehead atoms. The first-order valence-electron chi connectivity index (χ1n) is 6.83. The summed E-state index contributed by atoms with van der Waals surface area (Å²) in [5.41, 5.74) is -0.0344. The van der Waals surface area contributed by atoms with Gasteiger partial charge in [0.15, 0.2) is 0 Å². The lowest BCUT2D eigenvalue weighted by Crippen LogP contribution is -2.60. The average molecular weight is 321 g/mol. The Morgan fingerprint density at radius 3 is 2.68 bits per heavy atom. The molecule has 2 heterocycles. The number of hydrogen-bond donors (Lipinski definition) is 2. The molecule has 2 N–H and O–H groups in total. The highest BCUT2D eigenvalue weighted by Gasteiger charge is 2.57. The SMILES string of the molecule is C[C@@H](O)[C@H]1C(=O)N2C(C(=O)O)=C(COc3ccccc3)S[C@H]12. The van der Waals surface area contributed by atoms with Crippen molar-refractivity contribution < 1.29 is 24.5 Å². The van der Waals surface area contributed by atoms with Crippen LogP contribution in [0.15, 0.2) is 40.9 Å². The molecule has 0 aliphatic carbocycles. The van der Waals surface area contributed by atoms with E-state index >= 15 is 0 Å². The normalized spacial score (nSPS) is 24.8. The van der Waals surface area contributed by atoms with Crippen molar-refractivity contribution in [3.05, 3.63) is 40.9 Å². The Labute approximate surface area is 131 Å². The maximum Gasteiger partial charge on any atom is 0.353 e. The molecule has 3 rings (SSSR count). The van der Waals surface area contributed by atoms with Gasteiger partial charge < -0.3 is 14.9 Å². The fourth-order valence-corrected chi connectivity index (χ4v) is 4.14. The van der Waals surface area contributed by atoms with E-state index in [-0.39, 0.29) is 23.6 Å². The fourth-order valence-electron chi connectivity index (χ4n) is 2.62. The zero-order valence-corrected chi connectivity index (χ0v) is 12.6. The van der Waals surface area contributed by atoms with Crippen LogP contribution in [0.2, 0.25) is 0 Å². The van der Waals surface area contributed by atoms with Crippen molar-refractivity contribution in [1.29, 1.82) is 0 Å². The standard InChI is InChI=1S/C15H15NO5S/c1-8(17)11-13(18)16-12(15(19)20)10(22-14(11)16)7-21-9-5-3-2-4-6-9/h2-6,8,11,14,17H,7H2,1H3,(H,19,20)/t8-,11+,14-/m1/s1. The molecule has 1 saturated heterocycles. The van der Waals surface area contributed by atoms with Gasteiger partial charge in [0.1, 0.15) is 23.4 Å². The van der Waals surface area contributed by atoms with Crippen LogP contribution in [-0.2, 0) is 9.59 Å². The van der Waals surface area contributed by atoms with E-state index in [1.165, 1.54) is 16.7 Å². The first kappa shape index (κ1) is 14.9. The third-order valence-electron chi connectivity index (χ3n) is 3.69. The molecule has 0 radical (unpaired) electrons. The first-order chi connectivity index (χ1) is 10.5. The summed E-state index contributed by atoms with van der Waals surface area (Å²) in [6, 6.07) is 9.06. The number of ether oxygens (including phenoxy) is 1. The molecule has 1 aromatic rings. The quantitative estimate of drug-likeness (QED) is 0.794. The Kier molecular flexibility index (Phi) is 3.84. The van der Waals surface area contributed by atoms with Gasteiger partial charge in [-0.05, 0) is 19.1 Å². The number of fused-ring (bicyclic) bond motifs is 1. The number of thioether (sulfide) groups is 1. The molecule has 0 saturated carbocycles. The van der Waals surface area contributed by atoms with Crippen molar-refractivity contribution >= 4 is 23.6 Å². The third kappa shape index (κ3) is 2.36. The number of carbonyl (C=O) groups excluding carboxylic acids is 1. The largest absolute Gasteiger partial charge is 0.488 e. The Morgan fingerprint density at radius 1 is 1.41 bits per heavy atom. The van der Waals surface area contributed by atoms with Crippen molar-refractivity contribution in [2.45, 2.75) is 18.4 Å². The average Bonchev–Trinajstić information content (AvgIpc) is 2.80. The van der Waals surface area contributed by atoms with Crippen LogP contribution in [0.5, 0.6) is 5.75 Å². The number of para-hydroxylation sites is 1. The molecule has 2 aliphatic heterocycles. The van der Waals surface area contributed by atoms with Crippen molar-refractivity contribution in [1.82, 2.24) is 4.90 Å². The molecule has 116 valence electrons. The van der Waals surface area contributed by atoms with E-state index in [0.717, 1.165) is 0 Å². The van der Waals surface area contributed by atoms with Crippen LogP contribution in [0, 0.1) is 5.92 Å². The lowest BCUT2D eigenvalue weighted by molar-refractivity contribution is -0.156. The van der Waals surface area contributed by atoms with Gasteiger partial charge in [0.05, 0.1) is 16.9 Å². The highest BCUT2D eigenvalue weighted by molar-refractivity contribution is 8.04. The number of carboxylic acids is 1. The molecule has 22 heavy (non-hydrogen) atoms. The maximum atomic E-state index is 12.0. The van der Waals surface area contributed by atoms with Crippen molar-refractivity contribution in [2.75, 3.05) is 6.61 Å². The molecule has 6 nitrogen and oxygen atoms in total. The number of carbonyl (C=O) groups is 2. The molecule has 1 aromatic carbocycles. The summed E-state index contributed by atoms with van der Waals surface area (Å²) < 4.78 is 5.58. The fraction of sp³-hybridized carbons (Fsp3) is 0.333. The number of aliphatic hydroxyl groups is 1. The van der Waals surface area contributed by atoms with Crippen molar-refractivity contribution in [2.24, 2.45) is 5.92 Å². The molecule has 0 spiro atoms. The Morgan fingerprint density at radius 2 is 2.09 bits per heavy atom. The third-order valence-corrected chi connectivity index (χ3v) is 5.03. The van der Waals surface area contributed by atoms with E-state index in [1.807, 2.05) is 18.2 Å². The van der Waals surface area contributed by atoms with Crippen LogP contribution in [0.3, 0.4) is 0 Å². The van der Waals surface area contributed by atoms with Gasteiger partial charge in [-0.2, -0.15) is 0 Å². The summed E-state index contributed by atoms with van der Waals surface area (Å²) >= 11 is 1.28. The highest BCUT2D eigenvalue weighted by Crippen LogP contribution is 2.50. The molecular weight excluding hydrogens is 306 g/mol. The van der Waals surface area contributed by atoms with Gasteiger partial charge >= 0.3 is 5.97 Å². The van der Waals surface area contributed by atoms with Gasteiger partial charge in [-0.25, -0.2) is 4.79 Å². The summed E-state index contributed by atoms with van der Waals surface area (Å²) in [6.45, 7) is 1.63. The summed E-state index contributed by atoms with van der Waals surface area (Å²) in [5.74, 6) is -1.43. The lowest BCUT2D eigenvalue weighted by Gasteiger charge is -2.43. The minimum Gasteiger partial charge on any atom is -0.488 e. The number of hydrogen-bond acceptors (Lipinski definition) is 5. The molecule has 2 aliphatic rings. The number of benzene rings is 1. The Balaban J connectivity index is 1.78. The van der Waals surface area contributed by atoms with E-state index in [2.05, 4.69) is 0 Å². The van der Waals surface area contributed by atoms with Crippen LogP contribution in [0.1, 0.15) is 6.92 Å². The highest BCUT2D eigenvalue weighted by atomic mass is 32.2. The number of amides is 1. The van der Waals surface area contributed by atoms with Crippen molar-refractivity contribution in [3.8, 4) is 5.75 Å². The number of rotatable bonds is 5. The zero-order chi connectivity index (χ0) is 15.9. The molecule has 7 heteroatoms. The maximum absolute atomic E-state index is 12.0. The minimum absolute atomic E-state index is 0.0344.